The summed E-state index contributed by atoms with van der Waals surface area (Å²) in [6, 6.07) is 15.2. The van der Waals surface area contributed by atoms with Crippen molar-refractivity contribution in [2.75, 3.05) is 6.61 Å². The minimum atomic E-state index is -0.536. The van der Waals surface area contributed by atoms with Crippen molar-refractivity contribution < 1.29 is 19.1 Å². The van der Waals surface area contributed by atoms with Crippen molar-refractivity contribution in [3.05, 3.63) is 75.9 Å². The van der Waals surface area contributed by atoms with Gasteiger partial charge in [0, 0.05) is 11.6 Å². The van der Waals surface area contributed by atoms with Crippen LogP contribution in [0.3, 0.4) is 0 Å². The molecule has 2 aromatic rings. The lowest BCUT2D eigenvalue weighted by molar-refractivity contribution is -0.142. The molecule has 0 bridgehead atoms. The number of aryl methyl sites for hydroxylation is 1. The van der Waals surface area contributed by atoms with Crippen LogP contribution >= 0.6 is 0 Å². The maximum Gasteiger partial charge on any atom is 0.271 e. The topological polar surface area (TPSA) is 79.6 Å². The minimum Gasteiger partial charge on any atom is -0.490 e. The molecule has 1 atom stereocenters. The first kappa shape index (κ1) is 24.8. The van der Waals surface area contributed by atoms with Gasteiger partial charge < -0.3 is 9.47 Å². The van der Waals surface area contributed by atoms with Gasteiger partial charge in [-0.25, -0.2) is 0 Å². The molecule has 176 valence electrons. The Morgan fingerprint density at radius 1 is 1.00 bits per heavy atom. The van der Waals surface area contributed by atoms with E-state index < -0.39 is 11.8 Å². The quantitative estimate of drug-likeness (QED) is 0.393. The second kappa shape index (κ2) is 10.8. The third-order valence-electron chi connectivity index (χ3n) is 5.90. The van der Waals surface area contributed by atoms with Gasteiger partial charge in [0.05, 0.1) is 6.61 Å². The van der Waals surface area contributed by atoms with Crippen LogP contribution in [0.4, 0.5) is 0 Å². The Morgan fingerprint density at radius 3 is 2.32 bits per heavy atom. The van der Waals surface area contributed by atoms with Gasteiger partial charge in [-0.3, -0.25) is 14.5 Å². The summed E-state index contributed by atoms with van der Waals surface area (Å²) in [6.07, 6.45) is 2.30. The van der Waals surface area contributed by atoms with Crippen molar-refractivity contribution >= 4 is 17.9 Å². The molecule has 2 aromatic carbocycles. The molecule has 2 amide bonds. The van der Waals surface area contributed by atoms with E-state index in [0.717, 1.165) is 5.56 Å². The molecule has 1 aliphatic rings. The normalized spacial score (nSPS) is 16.0. The van der Waals surface area contributed by atoms with Gasteiger partial charge in [0.25, 0.3) is 11.8 Å². The zero-order valence-corrected chi connectivity index (χ0v) is 20.3. The van der Waals surface area contributed by atoms with Crippen LogP contribution in [0.2, 0.25) is 0 Å². The van der Waals surface area contributed by atoms with E-state index in [1.54, 1.807) is 32.1 Å². The molecule has 0 N–H and O–H groups in total. The monoisotopic (exact) mass is 458 g/mol. The van der Waals surface area contributed by atoms with Crippen LogP contribution in [0.15, 0.2) is 59.2 Å². The van der Waals surface area contributed by atoms with Crippen molar-refractivity contribution in [2.24, 2.45) is 0 Å². The van der Waals surface area contributed by atoms with Gasteiger partial charge in [-0.15, -0.1) is 0 Å². The number of hydrogen-bond donors (Lipinski definition) is 0. The Morgan fingerprint density at radius 2 is 1.71 bits per heavy atom. The molecule has 1 aliphatic heterocycles. The highest BCUT2D eigenvalue weighted by Gasteiger charge is 2.37. The van der Waals surface area contributed by atoms with E-state index in [0.29, 0.717) is 47.8 Å². The fraction of sp³-hybridized carbons (Fsp3) is 0.321. The van der Waals surface area contributed by atoms with Crippen LogP contribution in [0.1, 0.15) is 50.8 Å². The molecule has 0 spiro atoms. The molecule has 0 aromatic heterocycles. The van der Waals surface area contributed by atoms with Crippen molar-refractivity contribution in [1.29, 1.82) is 5.26 Å². The highest BCUT2D eigenvalue weighted by Crippen LogP contribution is 2.33. The number of carbonyl (C=O) groups excluding carboxylic acids is 2. The number of amides is 2. The molecule has 34 heavy (non-hydrogen) atoms. The highest BCUT2D eigenvalue weighted by molar-refractivity contribution is 6.19. The number of nitrogens with zero attached hydrogens (tertiary/aromatic N) is 2. The van der Waals surface area contributed by atoms with Crippen LogP contribution in [-0.4, -0.2) is 29.4 Å². The van der Waals surface area contributed by atoms with Gasteiger partial charge in [0.15, 0.2) is 11.5 Å². The Labute approximate surface area is 201 Å². The van der Waals surface area contributed by atoms with Crippen LogP contribution in [-0.2, 0) is 16.2 Å². The third kappa shape index (κ3) is 5.20. The lowest BCUT2D eigenvalue weighted by Gasteiger charge is -2.31. The summed E-state index contributed by atoms with van der Waals surface area (Å²) < 4.78 is 11.8. The van der Waals surface area contributed by atoms with E-state index in [-0.39, 0.29) is 11.6 Å². The van der Waals surface area contributed by atoms with E-state index in [9.17, 15) is 14.9 Å². The average molecular weight is 459 g/mol. The smallest absolute Gasteiger partial charge is 0.271 e. The predicted octanol–water partition coefficient (Wildman–Crippen LogP) is 5.36. The predicted molar refractivity (Wildman–Crippen MR) is 131 cm³/mol. The minimum absolute atomic E-state index is 0.00534. The molecule has 1 heterocycles. The first-order valence-electron chi connectivity index (χ1n) is 11.5. The first-order chi connectivity index (χ1) is 16.3. The Hall–Kier alpha value is -3.85. The molecule has 1 unspecified atom stereocenters. The Bertz CT molecular complexity index is 1190. The van der Waals surface area contributed by atoms with Crippen LogP contribution < -0.4 is 9.47 Å². The van der Waals surface area contributed by atoms with Crippen LogP contribution in [0.25, 0.3) is 6.08 Å². The number of carbonyl (C=O) groups is 2. The van der Waals surface area contributed by atoms with E-state index in [2.05, 4.69) is 0 Å². The third-order valence-corrected chi connectivity index (χ3v) is 5.90. The standard InChI is InChI=1S/C28H30N2O4/c1-6-19(4)30-27(31)23(20(5)24(16-29)28(30)32)14-22-12-13-25(26(15-22)33-7-2)34-17-21-10-8-18(3)9-11-21/h8-15,19H,6-7,17H2,1-5H3/b23-14+. The van der Waals surface area contributed by atoms with Gasteiger partial charge in [0.2, 0.25) is 0 Å². The summed E-state index contributed by atoms with van der Waals surface area (Å²) in [5.41, 5.74) is 3.65. The van der Waals surface area contributed by atoms with Crippen molar-refractivity contribution in [3.8, 4) is 17.6 Å². The van der Waals surface area contributed by atoms with Crippen molar-refractivity contribution in [2.45, 2.75) is 53.7 Å². The van der Waals surface area contributed by atoms with Crippen molar-refractivity contribution in [3.63, 3.8) is 0 Å². The molecule has 0 saturated heterocycles. The number of rotatable bonds is 8. The van der Waals surface area contributed by atoms with Crippen LogP contribution in [0.5, 0.6) is 11.5 Å². The lowest BCUT2D eigenvalue weighted by atomic mass is 9.92. The summed E-state index contributed by atoms with van der Waals surface area (Å²) in [5.74, 6) is 0.227. The summed E-state index contributed by atoms with van der Waals surface area (Å²) in [7, 11) is 0. The van der Waals surface area contributed by atoms with Gasteiger partial charge in [-0.2, -0.15) is 5.26 Å². The highest BCUT2D eigenvalue weighted by atomic mass is 16.5. The van der Waals surface area contributed by atoms with Gasteiger partial charge >= 0.3 is 0 Å². The fourth-order valence-corrected chi connectivity index (χ4v) is 3.70. The SMILES string of the molecule is CCOc1cc(/C=C2/C(=O)N(C(C)CC)C(=O)C(C#N)=C2C)ccc1OCc1ccc(C)cc1. The maximum absolute atomic E-state index is 13.2. The summed E-state index contributed by atoms with van der Waals surface area (Å²) in [4.78, 5) is 27.1. The summed E-state index contributed by atoms with van der Waals surface area (Å²) >= 11 is 0. The Kier molecular flexibility index (Phi) is 7.91. The van der Waals surface area contributed by atoms with E-state index in [4.69, 9.17) is 9.47 Å². The Balaban J connectivity index is 1.96. The summed E-state index contributed by atoms with van der Waals surface area (Å²) in [6.45, 7) is 10.1. The van der Waals surface area contributed by atoms with E-state index >= 15 is 0 Å². The zero-order valence-electron chi connectivity index (χ0n) is 20.3. The number of hydrogen-bond acceptors (Lipinski definition) is 5. The molecule has 0 radical (unpaired) electrons. The molecule has 0 aliphatic carbocycles. The molecule has 6 nitrogen and oxygen atoms in total. The molecular formula is C28H30N2O4. The maximum atomic E-state index is 13.2. The largest absolute Gasteiger partial charge is 0.490 e. The number of nitriles is 1. The average Bonchev–Trinajstić information content (AvgIpc) is 2.82. The first-order valence-corrected chi connectivity index (χ1v) is 11.5. The van der Waals surface area contributed by atoms with E-state index in [1.165, 1.54) is 10.5 Å². The molecule has 3 rings (SSSR count). The van der Waals surface area contributed by atoms with Gasteiger partial charge in [0.1, 0.15) is 18.2 Å². The fourth-order valence-electron chi connectivity index (χ4n) is 3.70. The number of imide groups is 1. The van der Waals surface area contributed by atoms with Gasteiger partial charge in [-0.05, 0) is 69.0 Å². The molecule has 6 heteroatoms. The van der Waals surface area contributed by atoms with Crippen LogP contribution in [0, 0.1) is 18.3 Å². The second-order valence-corrected chi connectivity index (χ2v) is 8.32. The van der Waals surface area contributed by atoms with E-state index in [1.807, 2.05) is 57.2 Å². The summed E-state index contributed by atoms with van der Waals surface area (Å²) in [5, 5.41) is 9.56. The zero-order chi connectivity index (χ0) is 24.8. The second-order valence-electron chi connectivity index (χ2n) is 8.32. The number of benzene rings is 2. The number of ether oxygens (including phenoxy) is 2. The van der Waals surface area contributed by atoms with Crippen molar-refractivity contribution in [1.82, 2.24) is 4.90 Å². The molecule has 0 fully saturated rings. The van der Waals surface area contributed by atoms with Gasteiger partial charge in [-0.1, -0.05) is 42.8 Å². The molecular weight excluding hydrogens is 428 g/mol. The molecule has 0 saturated carbocycles. The lowest BCUT2D eigenvalue weighted by Crippen LogP contribution is -2.47.